The molecule has 0 bridgehead atoms. The van der Waals surface area contributed by atoms with Gasteiger partial charge in [-0.05, 0) is 31.0 Å². The number of oxime groups is 1. The van der Waals surface area contributed by atoms with Gasteiger partial charge in [-0.3, -0.25) is 0 Å². The normalized spacial score (nSPS) is 22.1. The Hall–Kier alpha value is -1.66. The van der Waals surface area contributed by atoms with Crippen molar-refractivity contribution >= 4 is 40.8 Å². The van der Waals surface area contributed by atoms with Crippen LogP contribution < -0.4 is 16.4 Å². The average molecular weight is 331 g/mol. The second-order valence-corrected chi connectivity index (χ2v) is 5.71. The van der Waals surface area contributed by atoms with E-state index in [0.717, 1.165) is 19.3 Å². The molecule has 1 aromatic carbocycles. The molecule has 1 fully saturated rings. The van der Waals surface area contributed by atoms with E-state index in [0.29, 0.717) is 15.7 Å². The number of hydrogen-bond donors (Lipinski definition) is 4. The van der Waals surface area contributed by atoms with Gasteiger partial charge in [0.2, 0.25) is 0 Å². The molecule has 2 unspecified atom stereocenters. The van der Waals surface area contributed by atoms with Crippen molar-refractivity contribution in [2.75, 3.05) is 5.32 Å². The van der Waals surface area contributed by atoms with E-state index in [2.05, 4.69) is 15.8 Å². The lowest BCUT2D eigenvalue weighted by Crippen LogP contribution is -2.44. The summed E-state index contributed by atoms with van der Waals surface area (Å²) in [5.74, 6) is 0.00175. The van der Waals surface area contributed by atoms with Crippen molar-refractivity contribution in [1.82, 2.24) is 5.32 Å². The number of urea groups is 1. The van der Waals surface area contributed by atoms with Gasteiger partial charge in [0.25, 0.3) is 0 Å². The van der Waals surface area contributed by atoms with Gasteiger partial charge in [0.15, 0.2) is 0 Å². The monoisotopic (exact) mass is 330 g/mol. The predicted octanol–water partition coefficient (Wildman–Crippen LogP) is 3.03. The molecule has 0 saturated heterocycles. The molecule has 5 N–H and O–H groups in total. The standard InChI is InChI=1S/C13H16Cl2N4O2/c14-9-5-4-7(6-10(9)15)17-13(20)18-11-3-1-2-8(11)12(16)19-21/h4-6,8,11,21H,1-3H2,(H2,16,19)(H2,17,18,20). The zero-order valence-corrected chi connectivity index (χ0v) is 12.7. The van der Waals surface area contributed by atoms with Gasteiger partial charge in [-0.2, -0.15) is 0 Å². The topological polar surface area (TPSA) is 99.7 Å². The van der Waals surface area contributed by atoms with Crippen molar-refractivity contribution in [1.29, 1.82) is 0 Å². The summed E-state index contributed by atoms with van der Waals surface area (Å²) in [6.07, 6.45) is 2.49. The van der Waals surface area contributed by atoms with E-state index in [1.54, 1.807) is 18.2 Å². The molecular formula is C13H16Cl2N4O2. The van der Waals surface area contributed by atoms with Crippen molar-refractivity contribution in [3.63, 3.8) is 0 Å². The molecule has 6 nitrogen and oxygen atoms in total. The lowest BCUT2D eigenvalue weighted by atomic mass is 10.0. The molecule has 1 saturated carbocycles. The molecule has 21 heavy (non-hydrogen) atoms. The first-order valence-electron chi connectivity index (χ1n) is 6.51. The predicted molar refractivity (Wildman–Crippen MR) is 83.2 cm³/mol. The molecule has 0 heterocycles. The van der Waals surface area contributed by atoms with Crippen molar-refractivity contribution in [3.05, 3.63) is 28.2 Å². The molecule has 0 radical (unpaired) electrons. The van der Waals surface area contributed by atoms with Crippen molar-refractivity contribution in [2.45, 2.75) is 25.3 Å². The lowest BCUT2D eigenvalue weighted by Gasteiger charge is -2.20. The first-order chi connectivity index (χ1) is 10.0. The Labute approximate surface area is 132 Å². The Morgan fingerprint density at radius 1 is 1.33 bits per heavy atom. The first kappa shape index (κ1) is 15.7. The third kappa shape index (κ3) is 3.92. The Bertz CT molecular complexity index is 565. The van der Waals surface area contributed by atoms with Crippen LogP contribution in [-0.4, -0.2) is 23.1 Å². The maximum atomic E-state index is 12.0. The number of nitrogens with zero attached hydrogens (tertiary/aromatic N) is 1. The number of amides is 2. The molecule has 1 aliphatic carbocycles. The third-order valence-corrected chi connectivity index (χ3v) is 4.24. The van der Waals surface area contributed by atoms with Crippen LogP contribution in [0.2, 0.25) is 10.0 Å². The molecule has 2 atom stereocenters. The largest absolute Gasteiger partial charge is 0.409 e. The molecule has 8 heteroatoms. The lowest BCUT2D eigenvalue weighted by molar-refractivity contribution is 0.247. The van der Waals surface area contributed by atoms with Gasteiger partial charge < -0.3 is 21.6 Å². The molecule has 2 rings (SSSR count). The smallest absolute Gasteiger partial charge is 0.319 e. The molecule has 0 aliphatic heterocycles. The van der Waals surface area contributed by atoms with E-state index in [1.165, 1.54) is 0 Å². The summed E-state index contributed by atoms with van der Waals surface area (Å²) in [5, 5.41) is 18.1. The molecular weight excluding hydrogens is 315 g/mol. The van der Waals surface area contributed by atoms with Crippen LogP contribution in [0.5, 0.6) is 0 Å². The Morgan fingerprint density at radius 3 is 2.76 bits per heavy atom. The SMILES string of the molecule is NC(=NO)C1CCCC1NC(=O)Nc1ccc(Cl)c(Cl)c1. The second-order valence-electron chi connectivity index (χ2n) is 4.90. The van der Waals surface area contributed by atoms with Crippen LogP contribution in [0.4, 0.5) is 10.5 Å². The van der Waals surface area contributed by atoms with Gasteiger partial charge in [-0.25, -0.2) is 4.79 Å². The van der Waals surface area contributed by atoms with E-state index < -0.39 is 0 Å². The van der Waals surface area contributed by atoms with Crippen LogP contribution in [0, 0.1) is 5.92 Å². The van der Waals surface area contributed by atoms with Crippen LogP contribution in [0.1, 0.15) is 19.3 Å². The number of rotatable bonds is 3. The molecule has 114 valence electrons. The van der Waals surface area contributed by atoms with Gasteiger partial charge in [0, 0.05) is 17.6 Å². The third-order valence-electron chi connectivity index (χ3n) is 3.51. The number of nitrogens with two attached hydrogens (primary N) is 1. The highest BCUT2D eigenvalue weighted by atomic mass is 35.5. The maximum Gasteiger partial charge on any atom is 0.319 e. The van der Waals surface area contributed by atoms with Crippen LogP contribution in [0.15, 0.2) is 23.4 Å². The number of nitrogens with one attached hydrogen (secondary N) is 2. The highest BCUT2D eigenvalue weighted by Crippen LogP contribution is 2.27. The van der Waals surface area contributed by atoms with E-state index in [4.69, 9.17) is 34.1 Å². The summed E-state index contributed by atoms with van der Waals surface area (Å²) in [6.45, 7) is 0. The summed E-state index contributed by atoms with van der Waals surface area (Å²) < 4.78 is 0. The van der Waals surface area contributed by atoms with Gasteiger partial charge in [0.1, 0.15) is 5.84 Å². The van der Waals surface area contributed by atoms with E-state index in [1.807, 2.05) is 0 Å². The minimum Gasteiger partial charge on any atom is -0.409 e. The summed E-state index contributed by atoms with van der Waals surface area (Å²) in [4.78, 5) is 12.0. The fourth-order valence-corrected chi connectivity index (χ4v) is 2.77. The molecule has 1 aromatic rings. The van der Waals surface area contributed by atoms with Crippen LogP contribution in [-0.2, 0) is 0 Å². The maximum absolute atomic E-state index is 12.0. The van der Waals surface area contributed by atoms with E-state index >= 15 is 0 Å². The Balaban J connectivity index is 1.96. The average Bonchev–Trinajstić information content (AvgIpc) is 2.90. The summed E-state index contributed by atoms with van der Waals surface area (Å²) in [6, 6.07) is 4.32. The number of halogens is 2. The first-order valence-corrected chi connectivity index (χ1v) is 7.27. The quantitative estimate of drug-likeness (QED) is 0.296. The Morgan fingerprint density at radius 2 is 2.10 bits per heavy atom. The van der Waals surface area contributed by atoms with Gasteiger partial charge >= 0.3 is 6.03 Å². The van der Waals surface area contributed by atoms with E-state index in [-0.39, 0.29) is 23.8 Å². The van der Waals surface area contributed by atoms with Gasteiger partial charge in [-0.15, -0.1) is 0 Å². The summed E-state index contributed by atoms with van der Waals surface area (Å²) in [7, 11) is 0. The van der Waals surface area contributed by atoms with Gasteiger partial charge in [0.05, 0.1) is 10.0 Å². The number of benzene rings is 1. The highest BCUT2D eigenvalue weighted by Gasteiger charge is 2.31. The molecule has 2 amide bonds. The molecule has 0 spiro atoms. The fraction of sp³-hybridized carbons (Fsp3) is 0.385. The van der Waals surface area contributed by atoms with Crippen LogP contribution in [0.25, 0.3) is 0 Å². The van der Waals surface area contributed by atoms with Gasteiger partial charge in [-0.1, -0.05) is 34.8 Å². The van der Waals surface area contributed by atoms with Crippen LogP contribution >= 0.6 is 23.2 Å². The fourth-order valence-electron chi connectivity index (χ4n) is 2.47. The van der Waals surface area contributed by atoms with Crippen molar-refractivity contribution < 1.29 is 10.0 Å². The van der Waals surface area contributed by atoms with Crippen molar-refractivity contribution in [2.24, 2.45) is 16.8 Å². The van der Waals surface area contributed by atoms with E-state index in [9.17, 15) is 4.79 Å². The number of carbonyl (C=O) groups is 1. The molecule has 0 aromatic heterocycles. The number of carbonyl (C=O) groups excluding carboxylic acids is 1. The van der Waals surface area contributed by atoms with Crippen molar-refractivity contribution in [3.8, 4) is 0 Å². The highest BCUT2D eigenvalue weighted by molar-refractivity contribution is 6.42. The number of amidine groups is 1. The minimum absolute atomic E-state index is 0.144. The summed E-state index contributed by atoms with van der Waals surface area (Å²) >= 11 is 11.7. The Kier molecular flexibility index (Phi) is 5.14. The molecule has 1 aliphatic rings. The van der Waals surface area contributed by atoms with Crippen LogP contribution in [0.3, 0.4) is 0 Å². The second kappa shape index (κ2) is 6.87. The number of anilines is 1. The zero-order chi connectivity index (χ0) is 15.4. The minimum atomic E-state index is -0.365. The summed E-state index contributed by atoms with van der Waals surface area (Å²) in [5.41, 5.74) is 6.17. The zero-order valence-electron chi connectivity index (χ0n) is 11.1. The number of hydrogen-bond acceptors (Lipinski definition) is 3.